The number of aromatic nitrogens is 3. The van der Waals surface area contributed by atoms with Crippen LogP contribution in [0, 0.1) is 0 Å². The molecule has 0 aliphatic heterocycles. The highest BCUT2D eigenvalue weighted by Crippen LogP contribution is 2.37. The number of methoxy groups -OCH3 is 2. The number of fused-ring (bicyclic) bond motifs is 1. The normalized spacial score (nSPS) is 10.8. The van der Waals surface area contributed by atoms with E-state index in [2.05, 4.69) is 25.9 Å². The molecule has 4 rings (SSSR count). The van der Waals surface area contributed by atoms with Gasteiger partial charge in [0.05, 0.1) is 29.8 Å². The lowest BCUT2D eigenvalue weighted by Crippen LogP contribution is -1.99. The van der Waals surface area contributed by atoms with Crippen molar-refractivity contribution in [1.82, 2.24) is 15.0 Å². The standard InChI is InChI=1S/C21H17BrN4O2/c1-27-14-6-3-12(4-7-14)17-10-15(13-5-8-18(28-2)16(22)9-13)19-20(23)24-11-25-21(19)26-17/h3-11H,1-2H3,(H2,23,24,25,26). The summed E-state index contributed by atoms with van der Waals surface area (Å²) in [5.41, 5.74) is 10.3. The predicted molar refractivity (Wildman–Crippen MR) is 113 cm³/mol. The first-order chi connectivity index (χ1) is 13.6. The van der Waals surface area contributed by atoms with E-state index in [1.165, 1.54) is 6.33 Å². The third-order valence-electron chi connectivity index (χ3n) is 4.48. The Morgan fingerprint density at radius 2 is 1.64 bits per heavy atom. The first kappa shape index (κ1) is 18.2. The average Bonchev–Trinajstić information content (AvgIpc) is 2.73. The average molecular weight is 437 g/mol. The second-order valence-corrected chi connectivity index (χ2v) is 6.94. The molecule has 0 saturated carbocycles. The first-order valence-electron chi connectivity index (χ1n) is 8.50. The molecule has 0 aliphatic carbocycles. The molecular formula is C21H17BrN4O2. The molecule has 0 amide bonds. The summed E-state index contributed by atoms with van der Waals surface area (Å²) in [6, 6.07) is 15.6. The molecule has 7 heteroatoms. The fraction of sp³-hybridized carbons (Fsp3) is 0.0952. The van der Waals surface area contributed by atoms with Crippen LogP contribution >= 0.6 is 15.9 Å². The third-order valence-corrected chi connectivity index (χ3v) is 5.10. The summed E-state index contributed by atoms with van der Waals surface area (Å²) >= 11 is 3.55. The fourth-order valence-corrected chi connectivity index (χ4v) is 3.60. The monoisotopic (exact) mass is 436 g/mol. The summed E-state index contributed by atoms with van der Waals surface area (Å²) in [4.78, 5) is 13.2. The molecule has 2 heterocycles. The van der Waals surface area contributed by atoms with Crippen LogP contribution < -0.4 is 15.2 Å². The van der Waals surface area contributed by atoms with Crippen LogP contribution in [0.2, 0.25) is 0 Å². The predicted octanol–water partition coefficient (Wildman–Crippen LogP) is 4.72. The van der Waals surface area contributed by atoms with Gasteiger partial charge < -0.3 is 15.2 Å². The number of halogens is 1. The summed E-state index contributed by atoms with van der Waals surface area (Å²) in [5.74, 6) is 1.93. The molecule has 0 fully saturated rings. The van der Waals surface area contributed by atoms with Crippen molar-refractivity contribution in [1.29, 1.82) is 0 Å². The van der Waals surface area contributed by atoms with Crippen molar-refractivity contribution in [2.45, 2.75) is 0 Å². The zero-order chi connectivity index (χ0) is 19.7. The second-order valence-electron chi connectivity index (χ2n) is 6.09. The molecule has 2 N–H and O–H groups in total. The lowest BCUT2D eigenvalue weighted by Gasteiger charge is -2.12. The van der Waals surface area contributed by atoms with Gasteiger partial charge in [-0.15, -0.1) is 0 Å². The molecule has 2 aromatic carbocycles. The van der Waals surface area contributed by atoms with E-state index in [9.17, 15) is 0 Å². The van der Waals surface area contributed by atoms with Gasteiger partial charge in [-0.2, -0.15) is 0 Å². The molecule has 0 radical (unpaired) electrons. The van der Waals surface area contributed by atoms with Crippen molar-refractivity contribution >= 4 is 32.8 Å². The van der Waals surface area contributed by atoms with Gasteiger partial charge in [0, 0.05) is 5.56 Å². The SMILES string of the molecule is COc1ccc(-c2cc(-c3ccc(OC)c(Br)c3)c3c(N)ncnc3n2)cc1. The summed E-state index contributed by atoms with van der Waals surface area (Å²) in [6.07, 6.45) is 1.43. The Morgan fingerprint density at radius 3 is 2.32 bits per heavy atom. The van der Waals surface area contributed by atoms with Crippen molar-refractivity contribution in [3.05, 3.63) is 59.3 Å². The number of hydrogen-bond donors (Lipinski definition) is 1. The van der Waals surface area contributed by atoms with Gasteiger partial charge in [0.1, 0.15) is 23.6 Å². The van der Waals surface area contributed by atoms with Crippen LogP contribution in [0.15, 0.2) is 59.3 Å². The number of pyridine rings is 1. The Labute approximate surface area is 170 Å². The molecule has 28 heavy (non-hydrogen) atoms. The van der Waals surface area contributed by atoms with Crippen LogP contribution in [-0.2, 0) is 0 Å². The van der Waals surface area contributed by atoms with Gasteiger partial charge in [0.2, 0.25) is 0 Å². The Bertz CT molecular complexity index is 1160. The molecule has 0 unspecified atom stereocenters. The number of ether oxygens (including phenoxy) is 2. The van der Waals surface area contributed by atoms with Crippen LogP contribution in [-0.4, -0.2) is 29.2 Å². The molecule has 0 bridgehead atoms. The van der Waals surface area contributed by atoms with Crippen molar-refractivity contribution in [2.24, 2.45) is 0 Å². The molecule has 0 saturated heterocycles. The fourth-order valence-electron chi connectivity index (χ4n) is 3.06. The molecule has 2 aromatic heterocycles. The van der Waals surface area contributed by atoms with Gasteiger partial charge in [-0.1, -0.05) is 6.07 Å². The zero-order valence-electron chi connectivity index (χ0n) is 15.3. The molecule has 6 nitrogen and oxygen atoms in total. The van der Waals surface area contributed by atoms with E-state index < -0.39 is 0 Å². The van der Waals surface area contributed by atoms with Crippen molar-refractivity contribution in [3.8, 4) is 33.9 Å². The van der Waals surface area contributed by atoms with Crippen LogP contribution in [0.25, 0.3) is 33.4 Å². The second kappa shape index (κ2) is 7.44. The van der Waals surface area contributed by atoms with E-state index >= 15 is 0 Å². The van der Waals surface area contributed by atoms with Gasteiger partial charge in [-0.05, 0) is 69.5 Å². The van der Waals surface area contributed by atoms with E-state index in [4.69, 9.17) is 20.2 Å². The number of nitrogens with zero attached hydrogens (tertiary/aromatic N) is 3. The van der Waals surface area contributed by atoms with Crippen LogP contribution in [0.5, 0.6) is 11.5 Å². The van der Waals surface area contributed by atoms with Crippen LogP contribution in [0.4, 0.5) is 5.82 Å². The summed E-state index contributed by atoms with van der Waals surface area (Å²) < 4.78 is 11.4. The summed E-state index contributed by atoms with van der Waals surface area (Å²) in [6.45, 7) is 0. The van der Waals surface area contributed by atoms with E-state index in [1.807, 2.05) is 48.5 Å². The maximum atomic E-state index is 6.17. The van der Waals surface area contributed by atoms with Gasteiger partial charge >= 0.3 is 0 Å². The highest BCUT2D eigenvalue weighted by atomic mass is 79.9. The maximum absolute atomic E-state index is 6.17. The minimum Gasteiger partial charge on any atom is -0.497 e. The molecule has 0 atom stereocenters. The van der Waals surface area contributed by atoms with E-state index in [0.717, 1.165) is 43.7 Å². The number of hydrogen-bond acceptors (Lipinski definition) is 6. The van der Waals surface area contributed by atoms with E-state index in [0.29, 0.717) is 11.5 Å². The third kappa shape index (κ3) is 3.25. The largest absolute Gasteiger partial charge is 0.497 e. The van der Waals surface area contributed by atoms with Gasteiger partial charge in [0.15, 0.2) is 5.65 Å². The molecule has 140 valence electrons. The molecule has 0 spiro atoms. The number of nitrogens with two attached hydrogens (primary N) is 1. The van der Waals surface area contributed by atoms with E-state index in [1.54, 1.807) is 14.2 Å². The molecular weight excluding hydrogens is 420 g/mol. The number of benzene rings is 2. The van der Waals surface area contributed by atoms with Crippen molar-refractivity contribution in [3.63, 3.8) is 0 Å². The zero-order valence-corrected chi connectivity index (χ0v) is 16.9. The van der Waals surface area contributed by atoms with E-state index in [-0.39, 0.29) is 0 Å². The lowest BCUT2D eigenvalue weighted by molar-refractivity contribution is 0.412. The van der Waals surface area contributed by atoms with Crippen molar-refractivity contribution < 1.29 is 9.47 Å². The quantitative estimate of drug-likeness (QED) is 0.498. The minimum atomic E-state index is 0.390. The van der Waals surface area contributed by atoms with Gasteiger partial charge in [0.25, 0.3) is 0 Å². The Hall–Kier alpha value is -3.19. The van der Waals surface area contributed by atoms with Crippen molar-refractivity contribution in [2.75, 3.05) is 20.0 Å². The number of anilines is 1. The lowest BCUT2D eigenvalue weighted by atomic mass is 9.99. The van der Waals surface area contributed by atoms with Gasteiger partial charge in [-0.25, -0.2) is 15.0 Å². The summed E-state index contributed by atoms with van der Waals surface area (Å²) in [5, 5.41) is 0.719. The molecule has 0 aliphatic rings. The Kier molecular flexibility index (Phi) is 4.83. The highest BCUT2D eigenvalue weighted by Gasteiger charge is 2.15. The first-order valence-corrected chi connectivity index (χ1v) is 9.29. The topological polar surface area (TPSA) is 83.2 Å². The summed E-state index contributed by atoms with van der Waals surface area (Å²) in [7, 11) is 3.28. The Morgan fingerprint density at radius 1 is 0.893 bits per heavy atom. The van der Waals surface area contributed by atoms with Gasteiger partial charge in [-0.3, -0.25) is 0 Å². The smallest absolute Gasteiger partial charge is 0.165 e. The van der Waals surface area contributed by atoms with Crippen LogP contribution in [0.3, 0.4) is 0 Å². The van der Waals surface area contributed by atoms with Crippen LogP contribution in [0.1, 0.15) is 0 Å². The highest BCUT2D eigenvalue weighted by molar-refractivity contribution is 9.10. The molecule has 4 aromatic rings. The number of rotatable bonds is 4. The maximum Gasteiger partial charge on any atom is 0.165 e. The number of nitrogen functional groups attached to an aromatic ring is 1. The Balaban J connectivity index is 1.96. The minimum absolute atomic E-state index is 0.390.